The first kappa shape index (κ1) is 13.0. The van der Waals surface area contributed by atoms with Crippen molar-refractivity contribution < 1.29 is 0 Å². The van der Waals surface area contributed by atoms with Crippen molar-refractivity contribution in [3.05, 3.63) is 59.4 Å². The third-order valence-electron chi connectivity index (χ3n) is 5.15. The van der Waals surface area contributed by atoms with Crippen molar-refractivity contribution in [1.82, 2.24) is 15.5 Å². The molecule has 2 atom stereocenters. The maximum atomic E-state index is 4.18. The highest BCUT2D eigenvalue weighted by Gasteiger charge is 2.38. The molecule has 4 rings (SSSR count). The van der Waals surface area contributed by atoms with E-state index in [1.54, 1.807) is 17.3 Å². The Kier molecular flexibility index (Phi) is 3.44. The highest BCUT2D eigenvalue weighted by molar-refractivity contribution is 5.30. The van der Waals surface area contributed by atoms with Crippen LogP contribution in [-0.4, -0.2) is 16.2 Å². The van der Waals surface area contributed by atoms with Crippen LogP contribution in [-0.2, 0) is 19.4 Å². The summed E-state index contributed by atoms with van der Waals surface area (Å²) in [5.74, 6) is 1.55. The second kappa shape index (κ2) is 5.57. The van der Waals surface area contributed by atoms with Crippen molar-refractivity contribution >= 4 is 0 Å². The van der Waals surface area contributed by atoms with E-state index in [0.717, 1.165) is 24.1 Å². The number of nitrogens with zero attached hydrogens (tertiary/aromatic N) is 2. The van der Waals surface area contributed by atoms with E-state index >= 15 is 0 Å². The molecule has 2 bridgehead atoms. The zero-order valence-electron chi connectivity index (χ0n) is 12.2. The van der Waals surface area contributed by atoms with Crippen molar-refractivity contribution in [2.75, 3.05) is 0 Å². The van der Waals surface area contributed by atoms with Crippen molar-refractivity contribution in [3.63, 3.8) is 0 Å². The lowest BCUT2D eigenvalue weighted by atomic mass is 9.94. The first-order valence-corrected chi connectivity index (χ1v) is 7.97. The SMILES string of the molecule is c1cnnc(CNC2C3CCC2Cc2ccccc2C3)c1. The predicted molar refractivity (Wildman–Crippen MR) is 82.7 cm³/mol. The number of fused-ring (bicyclic) bond motifs is 3. The van der Waals surface area contributed by atoms with Gasteiger partial charge in [-0.3, -0.25) is 0 Å². The Labute approximate surface area is 125 Å². The summed E-state index contributed by atoms with van der Waals surface area (Å²) in [7, 11) is 0. The minimum Gasteiger partial charge on any atom is -0.308 e. The van der Waals surface area contributed by atoms with Crippen LogP contribution in [0.5, 0.6) is 0 Å². The highest BCUT2D eigenvalue weighted by Crippen LogP contribution is 2.40. The van der Waals surface area contributed by atoms with Gasteiger partial charge in [-0.2, -0.15) is 10.2 Å². The molecular weight excluding hydrogens is 258 g/mol. The molecule has 0 saturated heterocycles. The van der Waals surface area contributed by atoms with Crippen LogP contribution < -0.4 is 5.32 Å². The molecule has 1 heterocycles. The summed E-state index contributed by atoms with van der Waals surface area (Å²) in [5, 5.41) is 11.9. The monoisotopic (exact) mass is 279 g/mol. The number of rotatable bonds is 3. The fraction of sp³-hybridized carbons (Fsp3) is 0.444. The first-order valence-electron chi connectivity index (χ1n) is 7.97. The molecule has 1 aromatic carbocycles. The van der Waals surface area contributed by atoms with Gasteiger partial charge in [0.15, 0.2) is 0 Å². The average Bonchev–Trinajstić information content (AvgIpc) is 2.80. The molecule has 2 unspecified atom stereocenters. The van der Waals surface area contributed by atoms with Crippen LogP contribution in [0.3, 0.4) is 0 Å². The lowest BCUT2D eigenvalue weighted by Crippen LogP contribution is -2.37. The van der Waals surface area contributed by atoms with Crippen LogP contribution in [0.15, 0.2) is 42.6 Å². The lowest BCUT2D eigenvalue weighted by Gasteiger charge is -2.23. The minimum absolute atomic E-state index is 0.624. The van der Waals surface area contributed by atoms with Crippen LogP contribution in [0.4, 0.5) is 0 Å². The van der Waals surface area contributed by atoms with Crippen molar-refractivity contribution in [1.29, 1.82) is 0 Å². The fourth-order valence-corrected chi connectivity index (χ4v) is 4.13. The molecule has 1 N–H and O–H groups in total. The third kappa shape index (κ3) is 2.58. The van der Waals surface area contributed by atoms with E-state index in [0.29, 0.717) is 6.04 Å². The zero-order chi connectivity index (χ0) is 14.1. The van der Waals surface area contributed by atoms with Crippen molar-refractivity contribution in [3.8, 4) is 0 Å². The maximum absolute atomic E-state index is 4.18. The molecule has 108 valence electrons. The molecule has 2 aliphatic carbocycles. The minimum atomic E-state index is 0.624. The Bertz CT molecular complexity index is 578. The van der Waals surface area contributed by atoms with Crippen LogP contribution in [0.2, 0.25) is 0 Å². The molecule has 1 fully saturated rings. The Morgan fingerprint density at radius 1 is 0.952 bits per heavy atom. The molecule has 0 amide bonds. The Morgan fingerprint density at radius 3 is 2.29 bits per heavy atom. The molecule has 2 aromatic rings. The average molecular weight is 279 g/mol. The number of benzene rings is 1. The van der Waals surface area contributed by atoms with E-state index in [2.05, 4.69) is 39.8 Å². The van der Waals surface area contributed by atoms with Crippen LogP contribution >= 0.6 is 0 Å². The van der Waals surface area contributed by atoms with Gasteiger partial charge >= 0.3 is 0 Å². The van der Waals surface area contributed by atoms with Crippen molar-refractivity contribution in [2.24, 2.45) is 11.8 Å². The number of hydrogen-bond donors (Lipinski definition) is 1. The fourth-order valence-electron chi connectivity index (χ4n) is 4.13. The molecule has 0 radical (unpaired) electrons. The molecule has 1 saturated carbocycles. The molecule has 0 aliphatic heterocycles. The van der Waals surface area contributed by atoms with Crippen LogP contribution in [0.1, 0.15) is 29.7 Å². The first-order chi connectivity index (χ1) is 10.4. The number of nitrogens with one attached hydrogen (secondary N) is 1. The lowest BCUT2D eigenvalue weighted by molar-refractivity contribution is 0.339. The Morgan fingerprint density at radius 2 is 1.67 bits per heavy atom. The summed E-state index contributed by atoms with van der Waals surface area (Å²) in [4.78, 5) is 0. The van der Waals surface area contributed by atoms with E-state index in [9.17, 15) is 0 Å². The van der Waals surface area contributed by atoms with Gasteiger partial charge in [-0.25, -0.2) is 0 Å². The van der Waals surface area contributed by atoms with Gasteiger partial charge in [0.2, 0.25) is 0 Å². The topological polar surface area (TPSA) is 37.8 Å². The van der Waals surface area contributed by atoms with Gasteiger partial charge in [-0.15, -0.1) is 0 Å². The second-order valence-electron chi connectivity index (χ2n) is 6.40. The van der Waals surface area contributed by atoms with Gasteiger partial charge in [0.05, 0.1) is 5.69 Å². The summed E-state index contributed by atoms with van der Waals surface area (Å²) >= 11 is 0. The highest BCUT2D eigenvalue weighted by atomic mass is 15.1. The van der Waals surface area contributed by atoms with E-state index in [1.165, 1.54) is 25.7 Å². The van der Waals surface area contributed by atoms with Crippen molar-refractivity contribution in [2.45, 2.75) is 38.3 Å². The van der Waals surface area contributed by atoms with Gasteiger partial charge in [-0.05, 0) is 60.8 Å². The van der Waals surface area contributed by atoms with Gasteiger partial charge in [0.1, 0.15) is 0 Å². The molecule has 3 heteroatoms. The van der Waals surface area contributed by atoms with Crippen LogP contribution in [0, 0.1) is 11.8 Å². The Balaban J connectivity index is 1.50. The second-order valence-corrected chi connectivity index (χ2v) is 6.40. The summed E-state index contributed by atoms with van der Waals surface area (Å²) in [6.07, 6.45) is 6.90. The van der Waals surface area contributed by atoms with Gasteiger partial charge < -0.3 is 5.32 Å². The summed E-state index contributed by atoms with van der Waals surface area (Å²) in [6.45, 7) is 0.835. The largest absolute Gasteiger partial charge is 0.308 e. The maximum Gasteiger partial charge on any atom is 0.0769 e. The van der Waals surface area contributed by atoms with Gasteiger partial charge in [-0.1, -0.05) is 24.3 Å². The third-order valence-corrected chi connectivity index (χ3v) is 5.15. The Hall–Kier alpha value is -1.74. The van der Waals surface area contributed by atoms with E-state index in [-0.39, 0.29) is 0 Å². The standard InChI is InChI=1S/C18H21N3/c1-2-5-14-11-16-8-7-15(10-13(14)4-1)18(16)19-12-17-6-3-9-20-21-17/h1-6,9,15-16,18-19H,7-8,10-12H2. The van der Waals surface area contributed by atoms with Gasteiger partial charge in [0.25, 0.3) is 0 Å². The summed E-state index contributed by atoms with van der Waals surface area (Å²) in [5.41, 5.74) is 4.17. The molecule has 0 spiro atoms. The molecule has 3 nitrogen and oxygen atoms in total. The molecular formula is C18H21N3. The zero-order valence-corrected chi connectivity index (χ0v) is 12.2. The van der Waals surface area contributed by atoms with E-state index in [1.807, 2.05) is 12.1 Å². The summed E-state index contributed by atoms with van der Waals surface area (Å²) < 4.78 is 0. The smallest absolute Gasteiger partial charge is 0.0769 e. The number of aromatic nitrogens is 2. The summed E-state index contributed by atoms with van der Waals surface area (Å²) in [6, 6.07) is 13.6. The number of hydrogen-bond acceptors (Lipinski definition) is 3. The van der Waals surface area contributed by atoms with E-state index < -0.39 is 0 Å². The van der Waals surface area contributed by atoms with Crippen LogP contribution in [0.25, 0.3) is 0 Å². The molecule has 2 aliphatic rings. The van der Waals surface area contributed by atoms with E-state index in [4.69, 9.17) is 0 Å². The molecule has 1 aromatic heterocycles. The molecule has 21 heavy (non-hydrogen) atoms. The normalized spacial score (nSPS) is 27.1. The van der Waals surface area contributed by atoms with Gasteiger partial charge in [0, 0.05) is 18.8 Å². The quantitative estimate of drug-likeness (QED) is 0.939. The predicted octanol–water partition coefficient (Wildman–Crippen LogP) is 2.76.